The van der Waals surface area contributed by atoms with Crippen LogP contribution < -0.4 is 5.32 Å². The number of nitrogens with zero attached hydrogens (tertiary/aromatic N) is 3. The van der Waals surface area contributed by atoms with E-state index in [-0.39, 0.29) is 6.04 Å². The van der Waals surface area contributed by atoms with Crippen LogP contribution in [0.2, 0.25) is 0 Å². The van der Waals surface area contributed by atoms with Crippen molar-refractivity contribution in [2.24, 2.45) is 7.05 Å². The fraction of sp³-hybridized carbons (Fsp3) is 0.385. The number of hydrogen-bond acceptors (Lipinski definition) is 3. The van der Waals surface area contributed by atoms with Crippen molar-refractivity contribution in [3.63, 3.8) is 0 Å². The van der Waals surface area contributed by atoms with Gasteiger partial charge in [0.25, 0.3) is 0 Å². The highest BCUT2D eigenvalue weighted by Gasteiger charge is 2.14. The van der Waals surface area contributed by atoms with E-state index in [4.69, 9.17) is 0 Å². The zero-order valence-electron chi connectivity index (χ0n) is 10.3. The molecule has 2 aromatic rings. The summed E-state index contributed by atoms with van der Waals surface area (Å²) in [6.07, 6.45) is 8.41. The minimum absolute atomic E-state index is 0.289. The van der Waals surface area contributed by atoms with Gasteiger partial charge in [0.1, 0.15) is 0 Å². The molecule has 4 nitrogen and oxygen atoms in total. The van der Waals surface area contributed by atoms with Crippen molar-refractivity contribution in [1.29, 1.82) is 0 Å². The fourth-order valence-electron chi connectivity index (χ4n) is 1.99. The summed E-state index contributed by atoms with van der Waals surface area (Å²) in [6.45, 7) is 3.06. The van der Waals surface area contributed by atoms with Gasteiger partial charge in [0.05, 0.1) is 18.1 Å². The summed E-state index contributed by atoms with van der Waals surface area (Å²) in [7, 11) is 2.02. The third-order valence-corrected chi connectivity index (χ3v) is 2.82. The minimum Gasteiger partial charge on any atom is -0.336 e. The summed E-state index contributed by atoms with van der Waals surface area (Å²) in [4.78, 5) is 8.33. The quantitative estimate of drug-likeness (QED) is 0.850. The summed E-state index contributed by atoms with van der Waals surface area (Å²) in [5.74, 6) is 0. The van der Waals surface area contributed by atoms with Crippen molar-refractivity contribution in [3.8, 4) is 0 Å². The number of likely N-dealkylation sites (N-methyl/N-ethyl adjacent to an activating group) is 1. The second-order valence-electron chi connectivity index (χ2n) is 4.11. The van der Waals surface area contributed by atoms with Crippen molar-refractivity contribution in [1.82, 2.24) is 19.9 Å². The summed E-state index contributed by atoms with van der Waals surface area (Å²) in [6, 6.07) is 4.37. The van der Waals surface area contributed by atoms with Crippen LogP contribution in [-0.4, -0.2) is 21.1 Å². The minimum atomic E-state index is 0.289. The second kappa shape index (κ2) is 5.59. The molecule has 0 fully saturated rings. The molecule has 0 aliphatic heterocycles. The lowest BCUT2D eigenvalue weighted by Crippen LogP contribution is -2.24. The Morgan fingerprint density at radius 1 is 1.35 bits per heavy atom. The molecular formula is C13H18N4. The van der Waals surface area contributed by atoms with Gasteiger partial charge in [-0.1, -0.05) is 13.0 Å². The van der Waals surface area contributed by atoms with Gasteiger partial charge in [0, 0.05) is 25.6 Å². The van der Waals surface area contributed by atoms with E-state index in [0.29, 0.717) is 0 Å². The fourth-order valence-corrected chi connectivity index (χ4v) is 1.99. The molecule has 0 aromatic carbocycles. The van der Waals surface area contributed by atoms with Crippen LogP contribution in [0, 0.1) is 0 Å². The Balaban J connectivity index is 2.16. The Morgan fingerprint density at radius 3 is 2.82 bits per heavy atom. The molecule has 0 saturated heterocycles. The third-order valence-electron chi connectivity index (χ3n) is 2.82. The van der Waals surface area contributed by atoms with E-state index in [9.17, 15) is 0 Å². The van der Waals surface area contributed by atoms with Gasteiger partial charge in [-0.05, 0) is 24.6 Å². The highest BCUT2D eigenvalue weighted by molar-refractivity contribution is 5.15. The van der Waals surface area contributed by atoms with Crippen LogP contribution in [-0.2, 0) is 13.5 Å². The first kappa shape index (κ1) is 11.8. The Labute approximate surface area is 102 Å². The molecule has 4 heteroatoms. The van der Waals surface area contributed by atoms with E-state index in [1.807, 2.05) is 31.8 Å². The van der Waals surface area contributed by atoms with Crippen LogP contribution in [0.1, 0.15) is 24.2 Å². The summed E-state index contributed by atoms with van der Waals surface area (Å²) >= 11 is 0. The van der Waals surface area contributed by atoms with E-state index >= 15 is 0 Å². The SMILES string of the molecule is CCNC(Cc1cccnc1)c1cncn1C. The molecule has 90 valence electrons. The molecule has 1 unspecified atom stereocenters. The van der Waals surface area contributed by atoms with Crippen LogP contribution in [0.25, 0.3) is 0 Å². The predicted octanol–water partition coefficient (Wildman–Crippen LogP) is 1.71. The Morgan fingerprint density at radius 2 is 2.24 bits per heavy atom. The second-order valence-corrected chi connectivity index (χ2v) is 4.11. The Kier molecular flexibility index (Phi) is 3.88. The van der Waals surface area contributed by atoms with Crippen LogP contribution in [0.4, 0.5) is 0 Å². The molecule has 17 heavy (non-hydrogen) atoms. The van der Waals surface area contributed by atoms with E-state index < -0.39 is 0 Å². The number of imidazole rings is 1. The monoisotopic (exact) mass is 230 g/mol. The number of aryl methyl sites for hydroxylation is 1. The standard InChI is InChI=1S/C13H18N4/c1-3-16-12(13-9-15-10-17(13)2)7-11-5-4-6-14-8-11/h4-6,8-10,12,16H,3,7H2,1-2H3. The first-order valence-electron chi connectivity index (χ1n) is 5.89. The molecular weight excluding hydrogens is 212 g/mol. The summed E-state index contributed by atoms with van der Waals surface area (Å²) in [5.41, 5.74) is 2.44. The number of aromatic nitrogens is 3. The number of hydrogen-bond donors (Lipinski definition) is 1. The molecule has 2 rings (SSSR count). The molecule has 0 aliphatic carbocycles. The van der Waals surface area contributed by atoms with Crippen LogP contribution in [0.15, 0.2) is 37.1 Å². The van der Waals surface area contributed by atoms with Crippen molar-refractivity contribution in [3.05, 3.63) is 48.3 Å². The van der Waals surface area contributed by atoms with E-state index in [2.05, 4.69) is 32.8 Å². The maximum atomic E-state index is 4.17. The molecule has 2 aromatic heterocycles. The molecule has 0 spiro atoms. The summed E-state index contributed by atoms with van der Waals surface area (Å²) < 4.78 is 2.06. The predicted molar refractivity (Wildman–Crippen MR) is 67.6 cm³/mol. The first-order chi connectivity index (χ1) is 8.31. The topological polar surface area (TPSA) is 42.7 Å². The van der Waals surface area contributed by atoms with Gasteiger partial charge in [-0.2, -0.15) is 0 Å². The largest absolute Gasteiger partial charge is 0.336 e. The molecule has 1 atom stereocenters. The normalized spacial score (nSPS) is 12.6. The highest BCUT2D eigenvalue weighted by atomic mass is 15.1. The average Bonchev–Trinajstić information content (AvgIpc) is 2.76. The smallest absolute Gasteiger partial charge is 0.0946 e. The average molecular weight is 230 g/mol. The van der Waals surface area contributed by atoms with Gasteiger partial charge < -0.3 is 9.88 Å². The lowest BCUT2D eigenvalue weighted by atomic mass is 10.1. The van der Waals surface area contributed by atoms with Gasteiger partial charge in [-0.15, -0.1) is 0 Å². The maximum Gasteiger partial charge on any atom is 0.0946 e. The first-order valence-corrected chi connectivity index (χ1v) is 5.89. The molecule has 0 amide bonds. The van der Waals surface area contributed by atoms with Gasteiger partial charge in [-0.25, -0.2) is 4.98 Å². The van der Waals surface area contributed by atoms with E-state index in [1.54, 1.807) is 6.20 Å². The Bertz CT molecular complexity index is 449. The van der Waals surface area contributed by atoms with Crippen LogP contribution in [0.3, 0.4) is 0 Å². The maximum absolute atomic E-state index is 4.17. The zero-order valence-corrected chi connectivity index (χ0v) is 10.3. The molecule has 0 bridgehead atoms. The van der Waals surface area contributed by atoms with E-state index in [1.165, 1.54) is 11.3 Å². The lowest BCUT2D eigenvalue weighted by Gasteiger charge is -2.18. The molecule has 0 aliphatic rings. The Hall–Kier alpha value is -1.68. The van der Waals surface area contributed by atoms with Crippen molar-refractivity contribution in [2.45, 2.75) is 19.4 Å². The van der Waals surface area contributed by atoms with Crippen LogP contribution >= 0.6 is 0 Å². The molecule has 0 radical (unpaired) electrons. The van der Waals surface area contributed by atoms with Gasteiger partial charge >= 0.3 is 0 Å². The number of nitrogens with one attached hydrogen (secondary N) is 1. The van der Waals surface area contributed by atoms with Crippen molar-refractivity contribution >= 4 is 0 Å². The number of pyridine rings is 1. The molecule has 1 N–H and O–H groups in total. The van der Waals surface area contributed by atoms with Crippen molar-refractivity contribution < 1.29 is 0 Å². The summed E-state index contributed by atoms with van der Waals surface area (Å²) in [5, 5.41) is 3.49. The molecule has 2 heterocycles. The van der Waals surface area contributed by atoms with Gasteiger partial charge in [0.15, 0.2) is 0 Å². The highest BCUT2D eigenvalue weighted by Crippen LogP contribution is 2.16. The number of rotatable bonds is 5. The van der Waals surface area contributed by atoms with Crippen LogP contribution in [0.5, 0.6) is 0 Å². The lowest BCUT2D eigenvalue weighted by molar-refractivity contribution is 0.520. The third kappa shape index (κ3) is 2.91. The van der Waals surface area contributed by atoms with Gasteiger partial charge in [0.2, 0.25) is 0 Å². The molecule has 0 saturated carbocycles. The van der Waals surface area contributed by atoms with E-state index in [0.717, 1.165) is 13.0 Å². The van der Waals surface area contributed by atoms with Gasteiger partial charge in [-0.3, -0.25) is 4.98 Å². The zero-order chi connectivity index (χ0) is 12.1. The van der Waals surface area contributed by atoms with Crippen molar-refractivity contribution in [2.75, 3.05) is 6.54 Å².